The average molecular weight is 323 g/mol. The first-order valence-corrected chi connectivity index (χ1v) is 8.22. The van der Waals surface area contributed by atoms with Gasteiger partial charge in [0, 0.05) is 39.4 Å². The first kappa shape index (κ1) is 16.4. The Morgan fingerprint density at radius 1 is 1.39 bits per heavy atom. The summed E-state index contributed by atoms with van der Waals surface area (Å²) in [4.78, 5) is 17.1. The molecule has 2 fully saturated rings. The van der Waals surface area contributed by atoms with Crippen LogP contribution in [-0.2, 0) is 16.1 Å². The molecule has 23 heavy (non-hydrogen) atoms. The number of hydrogen-bond acceptors (Lipinski definition) is 6. The molecule has 0 spiro atoms. The third-order valence-electron chi connectivity index (χ3n) is 4.70. The molecule has 3 rings (SSSR count). The van der Waals surface area contributed by atoms with Crippen molar-refractivity contribution in [1.82, 2.24) is 15.0 Å². The zero-order chi connectivity index (χ0) is 16.2. The number of carbonyl (C=O) groups is 1. The monoisotopic (exact) mass is 323 g/mol. The normalized spacial score (nSPS) is 25.4. The van der Waals surface area contributed by atoms with E-state index in [0.29, 0.717) is 24.6 Å². The SMILES string of the molecule is COCc1cc(C(=O)N2C[C@@H](OC)C[C@H]2CN2CCCC2)no1. The minimum Gasteiger partial charge on any atom is -0.380 e. The van der Waals surface area contributed by atoms with Crippen LogP contribution in [0.5, 0.6) is 0 Å². The minimum atomic E-state index is -0.0835. The number of methoxy groups -OCH3 is 2. The molecular formula is C16H25N3O4. The van der Waals surface area contributed by atoms with E-state index in [-0.39, 0.29) is 18.1 Å². The lowest BCUT2D eigenvalue weighted by Gasteiger charge is -2.27. The molecule has 1 aromatic heterocycles. The third-order valence-corrected chi connectivity index (χ3v) is 4.70. The van der Waals surface area contributed by atoms with Crippen molar-refractivity contribution in [3.05, 3.63) is 17.5 Å². The Morgan fingerprint density at radius 3 is 2.87 bits per heavy atom. The second-order valence-electron chi connectivity index (χ2n) is 6.32. The Kier molecular flexibility index (Phi) is 5.30. The predicted molar refractivity (Wildman–Crippen MR) is 83.1 cm³/mol. The Labute approximate surface area is 136 Å². The highest BCUT2D eigenvalue weighted by Crippen LogP contribution is 2.24. The fraction of sp³-hybridized carbons (Fsp3) is 0.750. The lowest BCUT2D eigenvalue weighted by Crippen LogP contribution is -2.42. The Morgan fingerprint density at radius 2 is 2.17 bits per heavy atom. The summed E-state index contributed by atoms with van der Waals surface area (Å²) in [6, 6.07) is 1.84. The van der Waals surface area contributed by atoms with E-state index >= 15 is 0 Å². The van der Waals surface area contributed by atoms with E-state index in [2.05, 4.69) is 10.1 Å². The fourth-order valence-electron chi connectivity index (χ4n) is 3.50. The van der Waals surface area contributed by atoms with Gasteiger partial charge in [-0.25, -0.2) is 0 Å². The zero-order valence-corrected chi connectivity index (χ0v) is 13.9. The van der Waals surface area contributed by atoms with Gasteiger partial charge in [-0.1, -0.05) is 5.16 Å². The molecule has 0 N–H and O–H groups in total. The van der Waals surface area contributed by atoms with Crippen LogP contribution in [0.1, 0.15) is 35.5 Å². The van der Waals surface area contributed by atoms with Gasteiger partial charge in [-0.3, -0.25) is 4.79 Å². The Hall–Kier alpha value is -1.44. The number of nitrogens with zero attached hydrogens (tertiary/aromatic N) is 3. The van der Waals surface area contributed by atoms with Gasteiger partial charge in [0.05, 0.1) is 6.10 Å². The highest BCUT2D eigenvalue weighted by Gasteiger charge is 2.38. The summed E-state index contributed by atoms with van der Waals surface area (Å²) in [5.74, 6) is 0.481. The van der Waals surface area contributed by atoms with Crippen molar-refractivity contribution in [2.75, 3.05) is 40.4 Å². The van der Waals surface area contributed by atoms with E-state index in [9.17, 15) is 4.79 Å². The van der Waals surface area contributed by atoms with Crippen LogP contribution in [0.4, 0.5) is 0 Å². The Balaban J connectivity index is 1.69. The van der Waals surface area contributed by atoms with Gasteiger partial charge in [0.1, 0.15) is 6.61 Å². The molecule has 0 unspecified atom stereocenters. The molecule has 2 aliphatic heterocycles. The van der Waals surface area contributed by atoms with Crippen molar-refractivity contribution < 1.29 is 18.8 Å². The van der Waals surface area contributed by atoms with Gasteiger partial charge in [-0.05, 0) is 32.4 Å². The number of carbonyl (C=O) groups excluding carboxylic acids is 1. The Bertz CT molecular complexity index is 527. The zero-order valence-electron chi connectivity index (χ0n) is 13.9. The summed E-state index contributed by atoms with van der Waals surface area (Å²) in [6.45, 7) is 4.09. The van der Waals surface area contributed by atoms with E-state index in [4.69, 9.17) is 14.0 Å². The molecule has 2 atom stereocenters. The van der Waals surface area contributed by atoms with E-state index in [1.54, 1.807) is 20.3 Å². The molecule has 0 aromatic carbocycles. The second kappa shape index (κ2) is 7.42. The third kappa shape index (κ3) is 3.73. The summed E-state index contributed by atoms with van der Waals surface area (Å²) in [5, 5.41) is 3.90. The highest BCUT2D eigenvalue weighted by atomic mass is 16.5. The first-order valence-electron chi connectivity index (χ1n) is 8.22. The largest absolute Gasteiger partial charge is 0.380 e. The lowest BCUT2D eigenvalue weighted by molar-refractivity contribution is 0.0659. The van der Waals surface area contributed by atoms with Crippen LogP contribution in [0.25, 0.3) is 0 Å². The van der Waals surface area contributed by atoms with Crippen LogP contribution in [0.15, 0.2) is 10.6 Å². The molecule has 0 aliphatic carbocycles. The summed E-state index contributed by atoms with van der Waals surface area (Å²) in [6.07, 6.45) is 3.47. The van der Waals surface area contributed by atoms with Crippen molar-refractivity contribution >= 4 is 5.91 Å². The maximum Gasteiger partial charge on any atom is 0.276 e. The van der Waals surface area contributed by atoms with E-state index in [1.165, 1.54) is 12.8 Å². The molecule has 128 valence electrons. The predicted octanol–water partition coefficient (Wildman–Crippen LogP) is 1.15. The number of likely N-dealkylation sites (tertiary alicyclic amines) is 2. The molecule has 2 saturated heterocycles. The highest BCUT2D eigenvalue weighted by molar-refractivity contribution is 5.92. The minimum absolute atomic E-state index is 0.0835. The van der Waals surface area contributed by atoms with Gasteiger partial charge in [0.2, 0.25) is 0 Å². The first-order chi connectivity index (χ1) is 11.2. The van der Waals surface area contributed by atoms with Gasteiger partial charge < -0.3 is 23.8 Å². The lowest BCUT2D eigenvalue weighted by atomic mass is 10.2. The standard InChI is InChI=1S/C16H25N3O4/c1-21-11-14-8-15(17-23-14)16(20)19-10-13(22-2)7-12(19)9-18-5-3-4-6-18/h8,12-13H,3-7,9-11H2,1-2H3/t12-,13-/m0/s1. The molecule has 3 heterocycles. The van der Waals surface area contributed by atoms with Crippen molar-refractivity contribution in [3.8, 4) is 0 Å². The van der Waals surface area contributed by atoms with Crippen molar-refractivity contribution in [2.45, 2.75) is 38.0 Å². The smallest absolute Gasteiger partial charge is 0.276 e. The molecule has 1 amide bonds. The van der Waals surface area contributed by atoms with E-state index in [0.717, 1.165) is 26.1 Å². The number of hydrogen-bond donors (Lipinski definition) is 0. The van der Waals surface area contributed by atoms with Crippen LogP contribution in [0.3, 0.4) is 0 Å². The summed E-state index contributed by atoms with van der Waals surface area (Å²) in [5.41, 5.74) is 0.347. The van der Waals surface area contributed by atoms with Crippen molar-refractivity contribution in [3.63, 3.8) is 0 Å². The molecule has 0 radical (unpaired) electrons. The van der Waals surface area contributed by atoms with E-state index < -0.39 is 0 Å². The maximum absolute atomic E-state index is 12.8. The molecule has 0 bridgehead atoms. The van der Waals surface area contributed by atoms with Crippen LogP contribution >= 0.6 is 0 Å². The number of ether oxygens (including phenoxy) is 2. The summed E-state index contributed by atoms with van der Waals surface area (Å²) >= 11 is 0. The number of rotatable bonds is 6. The van der Waals surface area contributed by atoms with Crippen molar-refractivity contribution in [1.29, 1.82) is 0 Å². The van der Waals surface area contributed by atoms with Crippen LogP contribution in [0, 0.1) is 0 Å². The number of amides is 1. The van der Waals surface area contributed by atoms with Crippen LogP contribution < -0.4 is 0 Å². The molecule has 1 aromatic rings. The van der Waals surface area contributed by atoms with Gasteiger partial charge in [-0.15, -0.1) is 0 Å². The molecule has 7 heteroatoms. The van der Waals surface area contributed by atoms with Gasteiger partial charge in [0.25, 0.3) is 5.91 Å². The molecule has 0 saturated carbocycles. The van der Waals surface area contributed by atoms with E-state index in [1.807, 2.05) is 4.90 Å². The van der Waals surface area contributed by atoms with Crippen LogP contribution in [-0.4, -0.2) is 73.4 Å². The average Bonchev–Trinajstić information content (AvgIpc) is 3.28. The quantitative estimate of drug-likeness (QED) is 0.782. The topological polar surface area (TPSA) is 68.0 Å². The molecule has 7 nitrogen and oxygen atoms in total. The summed E-state index contributed by atoms with van der Waals surface area (Å²) < 4.78 is 15.6. The van der Waals surface area contributed by atoms with Gasteiger partial charge in [-0.2, -0.15) is 0 Å². The fourth-order valence-corrected chi connectivity index (χ4v) is 3.50. The second-order valence-corrected chi connectivity index (χ2v) is 6.32. The van der Waals surface area contributed by atoms with Crippen molar-refractivity contribution in [2.24, 2.45) is 0 Å². The molecular weight excluding hydrogens is 298 g/mol. The molecule has 2 aliphatic rings. The maximum atomic E-state index is 12.8. The van der Waals surface area contributed by atoms with Gasteiger partial charge in [0.15, 0.2) is 11.5 Å². The number of aromatic nitrogens is 1. The summed E-state index contributed by atoms with van der Waals surface area (Å²) in [7, 11) is 3.29. The van der Waals surface area contributed by atoms with Crippen LogP contribution in [0.2, 0.25) is 0 Å². The van der Waals surface area contributed by atoms with Gasteiger partial charge >= 0.3 is 0 Å².